The van der Waals surface area contributed by atoms with Gasteiger partial charge in [-0.15, -0.1) is 0 Å². The van der Waals surface area contributed by atoms with Gasteiger partial charge in [-0.25, -0.2) is 0 Å². The van der Waals surface area contributed by atoms with Crippen molar-refractivity contribution in [3.05, 3.63) is 0 Å². The Morgan fingerprint density at radius 1 is 0.667 bits per heavy atom. The molecular formula is C20H44O2Sn2. The molecule has 1 N–H and O–H groups in total. The molecule has 0 saturated heterocycles. The van der Waals surface area contributed by atoms with Crippen LogP contribution in [0.15, 0.2) is 0 Å². The molecule has 0 aliphatic rings. The van der Waals surface area contributed by atoms with Gasteiger partial charge in [0.15, 0.2) is 0 Å². The molecule has 0 rings (SSSR count). The van der Waals surface area contributed by atoms with Crippen molar-refractivity contribution < 1.29 is 9.90 Å². The topological polar surface area (TPSA) is 37.3 Å². The van der Waals surface area contributed by atoms with Crippen LogP contribution in [0, 0.1) is 0 Å². The van der Waals surface area contributed by atoms with E-state index in [1.54, 1.807) is 8.87 Å². The molecule has 0 atom stereocenters. The van der Waals surface area contributed by atoms with Crippen LogP contribution in [-0.4, -0.2) is 56.1 Å². The summed E-state index contributed by atoms with van der Waals surface area (Å²) in [5.74, 6) is -0.659. The first-order valence-electron chi connectivity index (χ1n) is 10.1. The second-order valence-electron chi connectivity index (χ2n) is 6.43. The van der Waals surface area contributed by atoms with Crippen LogP contribution in [0.4, 0.5) is 0 Å². The minimum absolute atomic E-state index is 0. The molecule has 2 nitrogen and oxygen atoms in total. The average molecular weight is 554 g/mol. The standard InChI is InChI=1S/C12H24O2.2C4H9.2Sn.2H/c1-2-3-4-5-6-7-8-9-10-11-12(13)14;2*1-3-4-2;;;;/h2-11H2,1H3,(H,13,14);2*1,3-4H2,2H3;;;;. The molecular weight excluding hydrogens is 510 g/mol. The summed E-state index contributed by atoms with van der Waals surface area (Å²) < 4.78 is 3.25. The maximum atomic E-state index is 10.2. The van der Waals surface area contributed by atoms with E-state index in [0.29, 0.717) is 6.42 Å². The van der Waals surface area contributed by atoms with Crippen LogP contribution < -0.4 is 0 Å². The number of carbonyl (C=O) groups is 1. The molecule has 0 spiro atoms. The third kappa shape index (κ3) is 34.4. The molecule has 144 valence electrons. The Kier molecular flexibility index (Phi) is 35.8. The third-order valence-electron chi connectivity index (χ3n) is 3.91. The van der Waals surface area contributed by atoms with Crippen molar-refractivity contribution in [2.75, 3.05) is 0 Å². The van der Waals surface area contributed by atoms with Crippen LogP contribution in [0.2, 0.25) is 8.87 Å². The predicted molar refractivity (Wildman–Crippen MR) is 113 cm³/mol. The van der Waals surface area contributed by atoms with E-state index in [0.717, 1.165) is 12.8 Å². The van der Waals surface area contributed by atoms with Gasteiger partial charge in [-0.3, -0.25) is 4.79 Å². The van der Waals surface area contributed by atoms with E-state index in [9.17, 15) is 4.79 Å². The Morgan fingerprint density at radius 2 is 1.04 bits per heavy atom. The van der Waals surface area contributed by atoms with Crippen molar-refractivity contribution in [1.82, 2.24) is 0 Å². The second kappa shape index (κ2) is 28.9. The van der Waals surface area contributed by atoms with Crippen molar-refractivity contribution >= 4 is 51.0 Å². The molecule has 4 radical (unpaired) electrons. The molecule has 24 heavy (non-hydrogen) atoms. The number of rotatable bonds is 16. The fourth-order valence-corrected chi connectivity index (χ4v) is 6.47. The number of carboxylic acids is 1. The number of unbranched alkanes of at least 4 members (excludes halogenated alkanes) is 10. The van der Waals surface area contributed by atoms with Gasteiger partial charge in [-0.2, -0.15) is 0 Å². The minimum atomic E-state index is -0.659. The zero-order chi connectivity index (χ0) is 17.6. The van der Waals surface area contributed by atoms with E-state index in [2.05, 4.69) is 20.8 Å². The fourth-order valence-electron chi connectivity index (χ4n) is 2.32. The summed E-state index contributed by atoms with van der Waals surface area (Å²) in [4.78, 5) is 10.2. The molecule has 0 bridgehead atoms. The van der Waals surface area contributed by atoms with Crippen LogP contribution in [0.1, 0.15) is 111 Å². The Bertz CT molecular complexity index is 218. The third-order valence-corrected chi connectivity index (χ3v) is 7.94. The molecule has 0 heterocycles. The number of aliphatic carboxylic acids is 1. The zero-order valence-corrected chi connectivity index (χ0v) is 23.8. The number of hydrogen-bond acceptors (Lipinski definition) is 1. The summed E-state index contributed by atoms with van der Waals surface area (Å²) in [5.41, 5.74) is 0. The summed E-state index contributed by atoms with van der Waals surface area (Å²) >= 11 is 0.149. The average Bonchev–Trinajstić information content (AvgIpc) is 2.54. The summed E-state index contributed by atoms with van der Waals surface area (Å²) in [6, 6.07) is 0. The zero-order valence-electron chi connectivity index (χ0n) is 16.9. The van der Waals surface area contributed by atoms with E-state index >= 15 is 0 Å². The SMILES string of the molecule is CCCCCCCCCCCC(=O)O.CCC[CH2][Sn][CH2]CCC.[SnH2]. The molecule has 0 aromatic carbocycles. The van der Waals surface area contributed by atoms with E-state index in [-0.39, 0.29) is 45.0 Å². The van der Waals surface area contributed by atoms with Gasteiger partial charge < -0.3 is 5.11 Å². The van der Waals surface area contributed by atoms with Crippen LogP contribution in [0.3, 0.4) is 0 Å². The van der Waals surface area contributed by atoms with E-state index < -0.39 is 5.97 Å². The summed E-state index contributed by atoms with van der Waals surface area (Å²) in [6.07, 6.45) is 17.3. The first-order chi connectivity index (χ1) is 11.2. The summed E-state index contributed by atoms with van der Waals surface area (Å²) in [6.45, 7) is 6.81. The molecule has 0 aromatic rings. The van der Waals surface area contributed by atoms with Crippen LogP contribution in [0.5, 0.6) is 0 Å². The molecule has 0 aromatic heterocycles. The Morgan fingerprint density at radius 3 is 1.42 bits per heavy atom. The van der Waals surface area contributed by atoms with Gasteiger partial charge in [0.25, 0.3) is 0 Å². The van der Waals surface area contributed by atoms with E-state index in [4.69, 9.17) is 5.11 Å². The van der Waals surface area contributed by atoms with Crippen molar-refractivity contribution in [3.8, 4) is 0 Å². The summed E-state index contributed by atoms with van der Waals surface area (Å²) in [7, 11) is 0. The van der Waals surface area contributed by atoms with Gasteiger partial charge in [0.1, 0.15) is 0 Å². The van der Waals surface area contributed by atoms with Gasteiger partial charge in [-0.1, -0.05) is 58.3 Å². The molecule has 0 aliphatic carbocycles. The van der Waals surface area contributed by atoms with Crippen LogP contribution in [-0.2, 0) is 4.79 Å². The molecule has 0 unspecified atom stereocenters. The normalized spacial score (nSPS) is 9.79. The van der Waals surface area contributed by atoms with E-state index in [1.807, 2.05) is 0 Å². The molecule has 0 fully saturated rings. The monoisotopic (exact) mass is 556 g/mol. The van der Waals surface area contributed by atoms with Gasteiger partial charge >= 0.3 is 99.4 Å². The van der Waals surface area contributed by atoms with Crippen molar-refractivity contribution in [3.63, 3.8) is 0 Å². The molecule has 0 saturated carbocycles. The Balaban J connectivity index is -0.000000385. The van der Waals surface area contributed by atoms with E-state index in [1.165, 1.54) is 70.6 Å². The van der Waals surface area contributed by atoms with Gasteiger partial charge in [0.2, 0.25) is 0 Å². The maximum absolute atomic E-state index is 10.2. The predicted octanol–water partition coefficient (Wildman–Crippen LogP) is 6.20. The number of hydrogen-bond donors (Lipinski definition) is 1. The first kappa shape index (κ1) is 29.8. The second-order valence-corrected chi connectivity index (χ2v) is 10.7. The summed E-state index contributed by atoms with van der Waals surface area (Å²) in [5, 5.41) is 8.41. The quantitative estimate of drug-likeness (QED) is 0.182. The molecule has 4 heteroatoms. The Labute approximate surface area is 179 Å². The van der Waals surface area contributed by atoms with Gasteiger partial charge in [0.05, 0.1) is 0 Å². The van der Waals surface area contributed by atoms with Crippen molar-refractivity contribution in [1.29, 1.82) is 0 Å². The van der Waals surface area contributed by atoms with Crippen LogP contribution >= 0.6 is 0 Å². The first-order valence-corrected chi connectivity index (χ1v) is 14.1. The van der Waals surface area contributed by atoms with Gasteiger partial charge in [-0.05, 0) is 6.42 Å². The van der Waals surface area contributed by atoms with Gasteiger partial charge in [0, 0.05) is 6.42 Å². The fraction of sp³-hybridized carbons (Fsp3) is 0.950. The Hall–Kier alpha value is 1.07. The van der Waals surface area contributed by atoms with Crippen molar-refractivity contribution in [2.45, 2.75) is 120 Å². The molecule has 0 amide bonds. The number of carboxylic acid groups (broad SMARTS) is 1. The molecule has 0 aliphatic heterocycles. The van der Waals surface area contributed by atoms with Crippen LogP contribution in [0.25, 0.3) is 0 Å². The van der Waals surface area contributed by atoms with Crippen molar-refractivity contribution in [2.24, 2.45) is 0 Å².